The van der Waals surface area contributed by atoms with Gasteiger partial charge in [-0.1, -0.05) is 35.1 Å². The predicted octanol–water partition coefficient (Wildman–Crippen LogP) is 2.55. The van der Waals surface area contributed by atoms with E-state index in [4.69, 9.17) is 65.2 Å². The molecular weight excluding hydrogens is 1120 g/mol. The number of rotatable bonds is 20. The van der Waals surface area contributed by atoms with Crippen LogP contribution in [0.2, 0.25) is 0 Å². The van der Waals surface area contributed by atoms with Crippen LogP contribution < -0.4 is 11.5 Å². The molecule has 0 saturated carbocycles. The molecule has 26 nitrogen and oxygen atoms in total. The molecule has 6 heterocycles. The summed E-state index contributed by atoms with van der Waals surface area (Å²) in [6.07, 6.45) is -22.9. The van der Waals surface area contributed by atoms with Crippen LogP contribution >= 0.6 is 63.8 Å². The van der Waals surface area contributed by atoms with Crippen LogP contribution in [0.4, 0.5) is 38.0 Å². The van der Waals surface area contributed by atoms with Crippen LogP contribution in [-0.4, -0.2) is 158 Å². The number of hydrogen-bond acceptors (Lipinski definition) is 24. The van der Waals surface area contributed by atoms with Crippen LogP contribution in [0, 0.1) is 0 Å². The van der Waals surface area contributed by atoms with Gasteiger partial charge in [0.15, 0.2) is 45.7 Å². The molecule has 0 bridgehead atoms. The van der Waals surface area contributed by atoms with Crippen molar-refractivity contribution in [1.29, 1.82) is 0 Å². The van der Waals surface area contributed by atoms with Gasteiger partial charge in [-0.15, -0.1) is 0 Å². The number of aliphatic hydroxyl groups is 4. The highest BCUT2D eigenvalue weighted by Gasteiger charge is 2.53. The lowest BCUT2D eigenvalue weighted by Crippen LogP contribution is -2.33. The number of ether oxygens (including phenoxy) is 2. The molecule has 41 heteroatoms. The Morgan fingerprint density at radius 3 is 1.38 bits per heavy atom. The zero-order chi connectivity index (χ0) is 50.5. The molecule has 2 fully saturated rings. The van der Waals surface area contributed by atoms with E-state index in [0.717, 1.165) is 21.8 Å². The summed E-state index contributed by atoms with van der Waals surface area (Å²) in [5.41, 5.74) is 11.4. The van der Waals surface area contributed by atoms with E-state index in [-0.39, 0.29) is 44.3 Å². The highest BCUT2D eigenvalue weighted by atomic mass is 35.5. The number of halogens is 7. The summed E-state index contributed by atoms with van der Waals surface area (Å²) < 4.78 is 135. The maximum atomic E-state index is 13.1. The van der Waals surface area contributed by atoms with Crippen LogP contribution in [0.25, 0.3) is 22.3 Å². The predicted molar refractivity (Wildman–Crippen MR) is 230 cm³/mol. The number of thioether (sulfide) groups is 2. The van der Waals surface area contributed by atoms with Crippen LogP contribution in [0.5, 0.6) is 0 Å². The van der Waals surface area contributed by atoms with Gasteiger partial charge in [0.25, 0.3) is 0 Å². The summed E-state index contributed by atoms with van der Waals surface area (Å²) in [6.45, 7) is -12.1. The van der Waals surface area contributed by atoms with Crippen LogP contribution in [0.3, 0.4) is 0 Å². The first-order valence-corrected chi connectivity index (χ1v) is 29.2. The summed E-state index contributed by atoms with van der Waals surface area (Å²) in [5.74, 6) is -1.43. The summed E-state index contributed by atoms with van der Waals surface area (Å²) in [6, 6.07) is 0. The fourth-order valence-corrected chi connectivity index (χ4v) is 16.6. The molecule has 0 spiro atoms. The van der Waals surface area contributed by atoms with Gasteiger partial charge in [-0.05, 0) is 23.6 Å². The largest absolute Gasteiger partial charge is 0.389 e. The van der Waals surface area contributed by atoms with Crippen molar-refractivity contribution in [2.75, 3.05) is 36.2 Å². The Labute approximate surface area is 399 Å². The molecule has 2 aliphatic rings. The first-order valence-electron chi connectivity index (χ1n) is 18.4. The fourth-order valence-electron chi connectivity index (χ4n) is 5.99. The average Bonchev–Trinajstić information content (AvgIpc) is 3.96. The molecule has 0 amide bonds. The van der Waals surface area contributed by atoms with Gasteiger partial charge >= 0.3 is 41.0 Å². The van der Waals surface area contributed by atoms with Gasteiger partial charge in [0.05, 0.1) is 38.7 Å². The molecule has 6 rings (SSSR count). The lowest BCUT2D eigenvalue weighted by molar-refractivity contribution is -0.130. The van der Waals surface area contributed by atoms with Crippen molar-refractivity contribution in [3.63, 3.8) is 0 Å². The van der Waals surface area contributed by atoms with Gasteiger partial charge in [-0.2, -0.15) is 26.3 Å². The summed E-state index contributed by atoms with van der Waals surface area (Å²) in [5, 5.41) is 42.6. The smallest absolute Gasteiger partial charge is 0.387 e. The summed E-state index contributed by atoms with van der Waals surface area (Å²) in [7, 11) is -11.7. The molecule has 12 atom stereocenters. The second-order valence-corrected chi connectivity index (χ2v) is 27.4. The highest BCUT2D eigenvalue weighted by Crippen LogP contribution is 2.76. The Morgan fingerprint density at radius 1 is 0.691 bits per heavy atom. The van der Waals surface area contributed by atoms with Crippen molar-refractivity contribution in [3.8, 4) is 0 Å². The molecule has 68 heavy (non-hydrogen) atoms. The molecule has 0 aliphatic carbocycles. The second-order valence-electron chi connectivity index (χ2n) is 14.1. The van der Waals surface area contributed by atoms with E-state index in [1.165, 1.54) is 0 Å². The van der Waals surface area contributed by atoms with Crippen molar-refractivity contribution >= 4 is 121 Å². The molecule has 4 unspecified atom stereocenters. The van der Waals surface area contributed by atoms with Gasteiger partial charge in [-0.3, -0.25) is 18.3 Å². The van der Waals surface area contributed by atoms with Crippen LogP contribution in [0.15, 0.2) is 23.0 Å². The van der Waals surface area contributed by atoms with E-state index in [1.807, 2.05) is 0 Å². The van der Waals surface area contributed by atoms with Gasteiger partial charge in [0.1, 0.15) is 47.7 Å². The lowest BCUT2D eigenvalue weighted by atomic mass is 10.1. The fraction of sp³-hybridized carbons (Fsp3) is 0.630. The molecular formula is C27H35ClF6N10O16P4S4. The number of aliphatic hydroxyl groups excluding tert-OH is 4. The maximum Gasteiger partial charge on any atom is 0.389 e. The zero-order valence-electron chi connectivity index (χ0n) is 33.2. The number of fused-ring (bicyclic) bond motifs is 2. The van der Waals surface area contributed by atoms with E-state index in [0.29, 0.717) is 23.5 Å². The van der Waals surface area contributed by atoms with E-state index in [2.05, 4.69) is 38.5 Å². The number of nitrogens with two attached hydrogens (primary N) is 2. The highest BCUT2D eigenvalue weighted by molar-refractivity contribution is 8.09. The summed E-state index contributed by atoms with van der Waals surface area (Å²) in [4.78, 5) is 63.2. The van der Waals surface area contributed by atoms with E-state index >= 15 is 0 Å². The molecule has 2 saturated heterocycles. The number of alkyl halides is 7. The number of imidazole rings is 2. The van der Waals surface area contributed by atoms with E-state index in [1.54, 1.807) is 0 Å². The number of hydrogen-bond donors (Lipinski definition) is 10. The number of nitrogen functional groups attached to an aromatic ring is 2. The van der Waals surface area contributed by atoms with Gasteiger partial charge in [-0.25, -0.2) is 38.5 Å². The summed E-state index contributed by atoms with van der Waals surface area (Å²) >= 11 is 16.5. The molecule has 0 aromatic carbocycles. The third-order valence-electron chi connectivity index (χ3n) is 9.09. The first-order chi connectivity index (χ1) is 31.3. The normalized spacial score (nSPS) is 27.8. The van der Waals surface area contributed by atoms with E-state index in [9.17, 15) is 75.5 Å². The van der Waals surface area contributed by atoms with Crippen LogP contribution in [-0.2, 0) is 59.9 Å². The topological polar surface area (TPSA) is 391 Å². The standard InChI is InChI=1S/C27H35ClF6N10O16P4S4/c28-23(61(49,50)59-63(53,65)55-5-9-13(45)15(47)21(57-9)43-7-37-11-17(35)39-24(41-19(11)43)67-3-1-26(29,30)31)62(51,52)60-64(54,66)56-6-10-14(46)16(48)22(58-10)44-8-38-12-18(36)40-25(42-20(12)44)68-4-2-27(32,33)34/h7-10,13-16,21-23,45-48H,1-6H2,(H,49,50)(H,51,52)(H,53,65)(H,54,66)(H2,35,39,41)(H2,36,40,42)/t9-,10-,13-,14-,15-,16-,21-,22-,23?,63?,64?/m1/s1. The minimum atomic E-state index is -5.87. The SMILES string of the molecule is Nc1nc(SCCC(F)(F)F)nc2c1ncn2[C@@H]1O[C@H](COP(O)(=S)OP(=O)(O)C(Cl)P(=O)(O)OP(O)(=S)OC[C@H]2O[C@@H](n3cnc4c(N)nc(SCCC(F)(F)F)nc43)[C@H](O)[C@@H]2O)[C@@H](O)[C@H]1O. The Kier molecular flexibility index (Phi) is 17.3. The molecule has 2 aliphatic heterocycles. The third kappa shape index (κ3) is 13.5. The molecule has 0 radical (unpaired) electrons. The Morgan fingerprint density at radius 2 is 1.04 bits per heavy atom. The minimum absolute atomic E-state index is 0.0583. The van der Waals surface area contributed by atoms with Crippen molar-refractivity contribution < 1.29 is 103 Å². The molecule has 382 valence electrons. The monoisotopic (exact) mass is 1160 g/mol. The molecule has 12 N–H and O–H groups in total. The second kappa shape index (κ2) is 21.1. The lowest BCUT2D eigenvalue weighted by Gasteiger charge is -2.27. The van der Waals surface area contributed by atoms with Crippen molar-refractivity contribution in [2.45, 2.75) is 89.4 Å². The first kappa shape index (κ1) is 55.8. The minimum Gasteiger partial charge on any atom is -0.387 e. The van der Waals surface area contributed by atoms with Crippen LogP contribution in [0.1, 0.15) is 25.3 Å². The third-order valence-corrected chi connectivity index (χ3v) is 21.4. The Bertz CT molecular complexity index is 2510. The Hall–Kier alpha value is -1.53. The number of aromatic nitrogens is 8. The Balaban J connectivity index is 1.04. The number of nitrogens with zero attached hydrogens (tertiary/aromatic N) is 8. The zero-order valence-corrected chi connectivity index (χ0v) is 40.8. The molecule has 4 aromatic rings. The van der Waals surface area contributed by atoms with Gasteiger partial charge in [0, 0.05) is 11.5 Å². The van der Waals surface area contributed by atoms with E-state index < -0.39 is 132 Å². The average molecular weight is 1160 g/mol. The quantitative estimate of drug-likeness (QED) is 0.0200. The van der Waals surface area contributed by atoms with Gasteiger partial charge in [0.2, 0.25) is 4.86 Å². The van der Waals surface area contributed by atoms with Crippen molar-refractivity contribution in [3.05, 3.63) is 12.7 Å². The van der Waals surface area contributed by atoms with Gasteiger partial charge < -0.3 is 70.0 Å². The number of anilines is 2. The molecule has 4 aromatic heterocycles. The maximum absolute atomic E-state index is 13.1. The van der Waals surface area contributed by atoms with Crippen molar-refractivity contribution in [2.24, 2.45) is 0 Å². The van der Waals surface area contributed by atoms with Crippen molar-refractivity contribution in [1.82, 2.24) is 39.0 Å².